The average molecular weight is 260 g/mol. The second-order valence-corrected chi connectivity index (χ2v) is 6.74. The summed E-state index contributed by atoms with van der Waals surface area (Å²) in [6.45, 7) is 5.78. The first-order chi connectivity index (χ1) is 9.17. The minimum Gasteiger partial charge on any atom is -0.458 e. The van der Waals surface area contributed by atoms with Crippen LogP contribution < -0.4 is 0 Å². The Morgan fingerprint density at radius 3 is 2.26 bits per heavy atom. The zero-order valence-corrected chi connectivity index (χ0v) is 11.8. The van der Waals surface area contributed by atoms with Crippen molar-refractivity contribution in [2.75, 3.05) is 6.61 Å². The van der Waals surface area contributed by atoms with Crippen LogP contribution >= 0.6 is 0 Å². The van der Waals surface area contributed by atoms with Crippen molar-refractivity contribution in [1.82, 2.24) is 0 Å². The molecule has 104 valence electrons. The van der Waals surface area contributed by atoms with Crippen molar-refractivity contribution >= 4 is 5.97 Å². The Morgan fingerprint density at radius 2 is 1.74 bits per heavy atom. The zero-order chi connectivity index (χ0) is 13.4. The Kier molecular flexibility index (Phi) is 3.51. The zero-order valence-electron chi connectivity index (χ0n) is 11.8. The molecule has 4 aliphatic carbocycles. The van der Waals surface area contributed by atoms with Crippen LogP contribution in [0.4, 0.5) is 0 Å². The van der Waals surface area contributed by atoms with Gasteiger partial charge in [-0.15, -0.1) is 0 Å². The van der Waals surface area contributed by atoms with E-state index < -0.39 is 0 Å². The van der Waals surface area contributed by atoms with Gasteiger partial charge in [0.25, 0.3) is 0 Å². The highest BCUT2D eigenvalue weighted by molar-refractivity contribution is 5.87. The second-order valence-electron chi connectivity index (χ2n) is 6.74. The Hall–Kier alpha value is -1.05. The molecule has 4 fully saturated rings. The van der Waals surface area contributed by atoms with Gasteiger partial charge >= 0.3 is 5.97 Å². The van der Waals surface area contributed by atoms with Crippen LogP contribution in [0, 0.1) is 29.6 Å². The molecule has 2 nitrogen and oxygen atoms in total. The van der Waals surface area contributed by atoms with Gasteiger partial charge in [0, 0.05) is 5.57 Å². The molecule has 0 aliphatic heterocycles. The van der Waals surface area contributed by atoms with E-state index in [1.807, 2.05) is 6.92 Å². The molecule has 0 aromatic rings. The van der Waals surface area contributed by atoms with Gasteiger partial charge in [-0.2, -0.15) is 0 Å². The van der Waals surface area contributed by atoms with E-state index in [2.05, 4.69) is 12.7 Å². The number of carbonyl (C=O) groups excluding carboxylic acids is 1. The molecule has 2 heteroatoms. The van der Waals surface area contributed by atoms with Crippen LogP contribution in [-0.2, 0) is 9.53 Å². The summed E-state index contributed by atoms with van der Waals surface area (Å²) in [5.74, 6) is 4.09. The SMILES string of the molecule is C=CCOC(=O)C(C)=CC1C2CC3CC(C2)CC1C3. The van der Waals surface area contributed by atoms with Crippen molar-refractivity contribution in [3.05, 3.63) is 24.3 Å². The fourth-order valence-electron chi connectivity index (χ4n) is 4.84. The van der Waals surface area contributed by atoms with Crippen molar-refractivity contribution in [3.63, 3.8) is 0 Å². The largest absolute Gasteiger partial charge is 0.458 e. The molecule has 4 rings (SSSR count). The summed E-state index contributed by atoms with van der Waals surface area (Å²) in [5, 5.41) is 0. The number of ether oxygens (including phenoxy) is 1. The Bertz CT molecular complexity index is 379. The first-order valence-electron chi connectivity index (χ1n) is 7.63. The predicted octanol–water partition coefficient (Wildman–Crippen LogP) is 3.73. The van der Waals surface area contributed by atoms with Gasteiger partial charge in [0.1, 0.15) is 6.61 Å². The van der Waals surface area contributed by atoms with Crippen LogP contribution in [0.25, 0.3) is 0 Å². The summed E-state index contributed by atoms with van der Waals surface area (Å²) in [7, 11) is 0. The molecule has 4 aliphatic rings. The quantitative estimate of drug-likeness (QED) is 0.437. The molecule has 19 heavy (non-hydrogen) atoms. The van der Waals surface area contributed by atoms with E-state index in [9.17, 15) is 4.79 Å². The number of hydrogen-bond acceptors (Lipinski definition) is 2. The topological polar surface area (TPSA) is 26.3 Å². The molecule has 0 N–H and O–H groups in total. The molecule has 4 bridgehead atoms. The molecular weight excluding hydrogens is 236 g/mol. The fourth-order valence-corrected chi connectivity index (χ4v) is 4.84. The molecule has 0 aromatic carbocycles. The van der Waals surface area contributed by atoms with Crippen LogP contribution in [0.2, 0.25) is 0 Å². The molecule has 4 saturated carbocycles. The summed E-state index contributed by atoms with van der Waals surface area (Å²) in [5.41, 5.74) is 0.791. The van der Waals surface area contributed by atoms with Crippen molar-refractivity contribution in [2.24, 2.45) is 29.6 Å². The van der Waals surface area contributed by atoms with Gasteiger partial charge in [0.15, 0.2) is 0 Å². The maximum absolute atomic E-state index is 11.8. The van der Waals surface area contributed by atoms with Crippen LogP contribution in [0.3, 0.4) is 0 Å². The lowest BCUT2D eigenvalue weighted by atomic mass is 9.52. The predicted molar refractivity (Wildman–Crippen MR) is 75.4 cm³/mol. The monoisotopic (exact) mass is 260 g/mol. The highest BCUT2D eigenvalue weighted by atomic mass is 16.5. The summed E-state index contributed by atoms with van der Waals surface area (Å²) < 4.78 is 5.12. The number of rotatable bonds is 4. The highest BCUT2D eigenvalue weighted by Crippen LogP contribution is 2.57. The van der Waals surface area contributed by atoms with Gasteiger partial charge in [0.05, 0.1) is 0 Å². The van der Waals surface area contributed by atoms with E-state index in [-0.39, 0.29) is 5.97 Å². The van der Waals surface area contributed by atoms with Crippen molar-refractivity contribution in [3.8, 4) is 0 Å². The van der Waals surface area contributed by atoms with Crippen LogP contribution in [-0.4, -0.2) is 12.6 Å². The summed E-state index contributed by atoms with van der Waals surface area (Å²) in [4.78, 5) is 11.8. The molecule has 0 aromatic heterocycles. The minimum absolute atomic E-state index is 0.172. The van der Waals surface area contributed by atoms with Gasteiger partial charge in [-0.3, -0.25) is 0 Å². The Labute approximate surface area is 115 Å². The van der Waals surface area contributed by atoms with E-state index in [4.69, 9.17) is 4.74 Å². The summed E-state index contributed by atoms with van der Waals surface area (Å²) >= 11 is 0. The van der Waals surface area contributed by atoms with E-state index in [1.165, 1.54) is 32.1 Å². The third-order valence-electron chi connectivity index (χ3n) is 5.40. The maximum atomic E-state index is 11.8. The third kappa shape index (κ3) is 2.50. The number of carbonyl (C=O) groups is 1. The first-order valence-corrected chi connectivity index (χ1v) is 7.63. The van der Waals surface area contributed by atoms with E-state index in [0.717, 1.165) is 29.2 Å². The lowest BCUT2D eigenvalue weighted by Gasteiger charge is -2.53. The molecule has 0 spiro atoms. The fraction of sp³-hybridized carbons (Fsp3) is 0.706. The normalized spacial score (nSPS) is 40.3. The van der Waals surface area contributed by atoms with Crippen LogP contribution in [0.1, 0.15) is 39.0 Å². The Balaban J connectivity index is 1.69. The van der Waals surface area contributed by atoms with Crippen molar-refractivity contribution < 1.29 is 9.53 Å². The lowest BCUT2D eigenvalue weighted by Crippen LogP contribution is -2.44. The molecule has 0 radical (unpaired) electrons. The second kappa shape index (κ2) is 5.15. The maximum Gasteiger partial charge on any atom is 0.333 e. The van der Waals surface area contributed by atoms with E-state index >= 15 is 0 Å². The first kappa shape index (κ1) is 13.0. The van der Waals surface area contributed by atoms with E-state index in [0.29, 0.717) is 12.5 Å². The lowest BCUT2D eigenvalue weighted by molar-refractivity contribution is -0.137. The summed E-state index contributed by atoms with van der Waals surface area (Å²) in [6, 6.07) is 0. The smallest absolute Gasteiger partial charge is 0.333 e. The standard InChI is InChI=1S/C17H24O2/c1-3-4-19-17(18)11(2)5-16-14-7-12-6-13(9-14)10-15(16)8-12/h3,5,12-16H,1,4,6-10H2,2H3. The van der Waals surface area contributed by atoms with Crippen molar-refractivity contribution in [2.45, 2.75) is 39.0 Å². The van der Waals surface area contributed by atoms with Gasteiger partial charge in [-0.05, 0) is 68.6 Å². The Morgan fingerprint density at radius 1 is 1.16 bits per heavy atom. The molecule has 0 amide bonds. The van der Waals surface area contributed by atoms with E-state index in [1.54, 1.807) is 6.08 Å². The molecule has 0 unspecified atom stereocenters. The minimum atomic E-state index is -0.172. The molecular formula is C17H24O2. The van der Waals surface area contributed by atoms with Gasteiger partial charge in [-0.1, -0.05) is 18.7 Å². The summed E-state index contributed by atoms with van der Waals surface area (Å²) in [6.07, 6.45) is 10.9. The number of allylic oxidation sites excluding steroid dienone is 1. The third-order valence-corrected chi connectivity index (χ3v) is 5.40. The number of esters is 1. The highest BCUT2D eigenvalue weighted by Gasteiger charge is 2.47. The molecule has 0 saturated heterocycles. The van der Waals surface area contributed by atoms with Crippen LogP contribution in [0.5, 0.6) is 0 Å². The average Bonchev–Trinajstić information content (AvgIpc) is 2.39. The number of hydrogen-bond donors (Lipinski definition) is 0. The van der Waals surface area contributed by atoms with Crippen molar-refractivity contribution in [1.29, 1.82) is 0 Å². The molecule has 0 atom stereocenters. The van der Waals surface area contributed by atoms with Gasteiger partial charge in [-0.25, -0.2) is 4.79 Å². The van der Waals surface area contributed by atoms with Gasteiger partial charge in [0.2, 0.25) is 0 Å². The molecule has 0 heterocycles. The van der Waals surface area contributed by atoms with Crippen LogP contribution in [0.15, 0.2) is 24.3 Å². The van der Waals surface area contributed by atoms with Gasteiger partial charge < -0.3 is 4.74 Å².